The second kappa shape index (κ2) is 3.82. The van der Waals surface area contributed by atoms with Crippen molar-refractivity contribution in [1.82, 2.24) is 9.97 Å². The zero-order valence-corrected chi connectivity index (χ0v) is 8.48. The molecular weight excluding hydrogens is 176 g/mol. The first kappa shape index (κ1) is 9.24. The van der Waals surface area contributed by atoms with Crippen molar-refractivity contribution in [3.05, 3.63) is 12.4 Å². The summed E-state index contributed by atoms with van der Waals surface area (Å²) in [4.78, 5) is 10.5. The van der Waals surface area contributed by atoms with Gasteiger partial charge in [0.1, 0.15) is 0 Å². The summed E-state index contributed by atoms with van der Waals surface area (Å²) in [6.07, 6.45) is 7.37. The van der Waals surface area contributed by atoms with Gasteiger partial charge < -0.3 is 10.6 Å². The van der Waals surface area contributed by atoms with Crippen LogP contribution >= 0.6 is 0 Å². The standard InChI is InChI=1S/C10H16N4/c1-14(7-8-3-2-4-8)10-12-5-9(11)6-13-10/h5-6,8H,2-4,7,11H2,1H3. The van der Waals surface area contributed by atoms with Gasteiger partial charge in [0.2, 0.25) is 5.95 Å². The average molecular weight is 192 g/mol. The molecule has 0 bridgehead atoms. The van der Waals surface area contributed by atoms with E-state index in [1.165, 1.54) is 19.3 Å². The molecule has 0 amide bonds. The molecule has 1 saturated carbocycles. The maximum atomic E-state index is 5.52. The van der Waals surface area contributed by atoms with Crippen molar-refractivity contribution >= 4 is 11.6 Å². The highest BCUT2D eigenvalue weighted by Gasteiger charge is 2.19. The molecule has 0 saturated heterocycles. The van der Waals surface area contributed by atoms with Crippen LogP contribution < -0.4 is 10.6 Å². The Morgan fingerprint density at radius 2 is 2.07 bits per heavy atom. The molecule has 0 aromatic carbocycles. The van der Waals surface area contributed by atoms with E-state index in [1.54, 1.807) is 12.4 Å². The number of hydrogen-bond acceptors (Lipinski definition) is 4. The molecule has 0 spiro atoms. The van der Waals surface area contributed by atoms with Gasteiger partial charge in [0.25, 0.3) is 0 Å². The molecule has 1 aliphatic rings. The summed E-state index contributed by atoms with van der Waals surface area (Å²) in [6, 6.07) is 0. The number of nitrogens with two attached hydrogens (primary N) is 1. The number of nitrogens with zero attached hydrogens (tertiary/aromatic N) is 3. The van der Waals surface area contributed by atoms with E-state index < -0.39 is 0 Å². The normalized spacial score (nSPS) is 16.4. The maximum absolute atomic E-state index is 5.52. The van der Waals surface area contributed by atoms with Crippen molar-refractivity contribution in [3.63, 3.8) is 0 Å². The first-order valence-electron chi connectivity index (χ1n) is 5.04. The maximum Gasteiger partial charge on any atom is 0.225 e. The van der Waals surface area contributed by atoms with Gasteiger partial charge in [-0.25, -0.2) is 9.97 Å². The molecule has 0 atom stereocenters. The van der Waals surface area contributed by atoms with Gasteiger partial charge in [-0.2, -0.15) is 0 Å². The highest BCUT2D eigenvalue weighted by molar-refractivity contribution is 5.37. The summed E-state index contributed by atoms with van der Waals surface area (Å²) >= 11 is 0. The minimum Gasteiger partial charge on any atom is -0.396 e. The predicted molar refractivity (Wildman–Crippen MR) is 57.1 cm³/mol. The first-order valence-corrected chi connectivity index (χ1v) is 5.04. The summed E-state index contributed by atoms with van der Waals surface area (Å²) in [7, 11) is 2.03. The smallest absolute Gasteiger partial charge is 0.225 e. The second-order valence-electron chi connectivity index (χ2n) is 3.99. The van der Waals surface area contributed by atoms with Gasteiger partial charge in [-0.1, -0.05) is 6.42 Å². The van der Waals surface area contributed by atoms with Crippen molar-refractivity contribution in [2.75, 3.05) is 24.2 Å². The van der Waals surface area contributed by atoms with Crippen LogP contribution in [-0.4, -0.2) is 23.6 Å². The van der Waals surface area contributed by atoms with Crippen LogP contribution in [-0.2, 0) is 0 Å². The third kappa shape index (κ3) is 1.95. The number of rotatable bonds is 3. The van der Waals surface area contributed by atoms with E-state index >= 15 is 0 Å². The van der Waals surface area contributed by atoms with Crippen molar-refractivity contribution in [2.24, 2.45) is 5.92 Å². The van der Waals surface area contributed by atoms with Crippen LogP contribution in [0.2, 0.25) is 0 Å². The largest absolute Gasteiger partial charge is 0.396 e. The molecule has 1 aromatic rings. The predicted octanol–water partition coefficient (Wildman–Crippen LogP) is 1.30. The molecule has 2 N–H and O–H groups in total. The molecule has 1 aromatic heterocycles. The summed E-state index contributed by atoms with van der Waals surface area (Å²) in [5, 5.41) is 0. The summed E-state index contributed by atoms with van der Waals surface area (Å²) in [5.41, 5.74) is 6.14. The minimum absolute atomic E-state index is 0.616. The quantitative estimate of drug-likeness (QED) is 0.784. The monoisotopic (exact) mass is 192 g/mol. The molecule has 2 rings (SSSR count). The fraction of sp³-hybridized carbons (Fsp3) is 0.600. The number of anilines is 2. The van der Waals surface area contributed by atoms with Crippen LogP contribution in [0.4, 0.5) is 11.6 Å². The van der Waals surface area contributed by atoms with Gasteiger partial charge in [-0.3, -0.25) is 0 Å². The van der Waals surface area contributed by atoms with E-state index in [-0.39, 0.29) is 0 Å². The molecule has 0 aliphatic heterocycles. The van der Waals surface area contributed by atoms with Crippen molar-refractivity contribution < 1.29 is 0 Å². The lowest BCUT2D eigenvalue weighted by molar-refractivity contribution is 0.320. The Labute approximate surface area is 84.2 Å². The van der Waals surface area contributed by atoms with Crippen LogP contribution in [0.15, 0.2) is 12.4 Å². The lowest BCUT2D eigenvalue weighted by Gasteiger charge is -2.30. The summed E-state index contributed by atoms with van der Waals surface area (Å²) < 4.78 is 0. The molecule has 14 heavy (non-hydrogen) atoms. The van der Waals surface area contributed by atoms with Gasteiger partial charge in [-0.05, 0) is 18.8 Å². The highest BCUT2D eigenvalue weighted by Crippen LogP contribution is 2.27. The molecule has 1 aliphatic carbocycles. The molecule has 0 radical (unpaired) electrons. The van der Waals surface area contributed by atoms with E-state index in [9.17, 15) is 0 Å². The fourth-order valence-corrected chi connectivity index (χ4v) is 1.67. The Hall–Kier alpha value is -1.32. The van der Waals surface area contributed by atoms with Gasteiger partial charge in [-0.15, -0.1) is 0 Å². The minimum atomic E-state index is 0.616. The summed E-state index contributed by atoms with van der Waals surface area (Å²) in [6.45, 7) is 1.06. The van der Waals surface area contributed by atoms with Crippen molar-refractivity contribution in [3.8, 4) is 0 Å². The lowest BCUT2D eigenvalue weighted by atomic mass is 9.85. The van der Waals surface area contributed by atoms with Crippen LogP contribution in [0.25, 0.3) is 0 Å². The van der Waals surface area contributed by atoms with Crippen molar-refractivity contribution in [2.45, 2.75) is 19.3 Å². The number of nitrogen functional groups attached to an aromatic ring is 1. The molecule has 76 valence electrons. The zero-order chi connectivity index (χ0) is 9.97. The van der Waals surface area contributed by atoms with E-state index in [0.29, 0.717) is 5.69 Å². The van der Waals surface area contributed by atoms with Crippen LogP contribution in [0.5, 0.6) is 0 Å². The third-order valence-electron chi connectivity index (χ3n) is 2.76. The first-order chi connectivity index (χ1) is 6.75. The van der Waals surface area contributed by atoms with Gasteiger partial charge in [0.15, 0.2) is 0 Å². The van der Waals surface area contributed by atoms with Gasteiger partial charge >= 0.3 is 0 Å². The Bertz CT molecular complexity index is 291. The molecular formula is C10H16N4. The van der Waals surface area contributed by atoms with Gasteiger partial charge in [0.05, 0.1) is 18.1 Å². The van der Waals surface area contributed by atoms with Crippen LogP contribution in [0.1, 0.15) is 19.3 Å². The molecule has 1 heterocycles. The number of aromatic nitrogens is 2. The molecule has 4 heteroatoms. The zero-order valence-electron chi connectivity index (χ0n) is 8.48. The second-order valence-corrected chi connectivity index (χ2v) is 3.99. The van der Waals surface area contributed by atoms with E-state index in [1.807, 2.05) is 7.05 Å². The van der Waals surface area contributed by atoms with E-state index in [0.717, 1.165) is 18.4 Å². The SMILES string of the molecule is CN(CC1CCC1)c1ncc(N)cn1. The van der Waals surface area contributed by atoms with E-state index in [2.05, 4.69) is 14.9 Å². The fourth-order valence-electron chi connectivity index (χ4n) is 1.67. The topological polar surface area (TPSA) is 55.0 Å². The van der Waals surface area contributed by atoms with Crippen LogP contribution in [0.3, 0.4) is 0 Å². The third-order valence-corrected chi connectivity index (χ3v) is 2.76. The van der Waals surface area contributed by atoms with Crippen LogP contribution in [0, 0.1) is 5.92 Å². The Morgan fingerprint density at radius 3 is 2.57 bits per heavy atom. The Morgan fingerprint density at radius 1 is 1.43 bits per heavy atom. The summed E-state index contributed by atoms with van der Waals surface area (Å²) in [5.74, 6) is 1.60. The highest BCUT2D eigenvalue weighted by atomic mass is 15.2. The Balaban J connectivity index is 1.95. The van der Waals surface area contributed by atoms with Gasteiger partial charge in [0, 0.05) is 13.6 Å². The lowest BCUT2D eigenvalue weighted by Crippen LogP contribution is -2.30. The molecule has 4 nitrogen and oxygen atoms in total. The van der Waals surface area contributed by atoms with Crippen molar-refractivity contribution in [1.29, 1.82) is 0 Å². The Kier molecular flexibility index (Phi) is 2.52. The number of hydrogen-bond donors (Lipinski definition) is 1. The molecule has 1 fully saturated rings. The molecule has 0 unspecified atom stereocenters. The van der Waals surface area contributed by atoms with E-state index in [4.69, 9.17) is 5.73 Å². The average Bonchev–Trinajstić information content (AvgIpc) is 2.12.